The Balaban J connectivity index is 2.23. The van der Waals surface area contributed by atoms with E-state index in [0.29, 0.717) is 10.2 Å². The van der Waals surface area contributed by atoms with Gasteiger partial charge >= 0.3 is 5.69 Å². The molecule has 0 radical (unpaired) electrons. The summed E-state index contributed by atoms with van der Waals surface area (Å²) in [6, 6.07) is 5.13. The minimum absolute atomic E-state index is 0.0237. The van der Waals surface area contributed by atoms with Gasteiger partial charge in [0.15, 0.2) is 0 Å². The Kier molecular flexibility index (Phi) is 5.66. The fourth-order valence-electron chi connectivity index (χ4n) is 3.19. The molecular weight excluding hydrogens is 410 g/mol. The predicted octanol–water partition coefficient (Wildman–Crippen LogP) is 1.07. The Morgan fingerprint density at radius 2 is 1.97 bits per heavy atom. The largest absolute Gasteiger partial charge is 0.348 e. The molecule has 0 spiro atoms. The van der Waals surface area contributed by atoms with E-state index in [-0.39, 0.29) is 17.7 Å². The van der Waals surface area contributed by atoms with Gasteiger partial charge in [-0.1, -0.05) is 20.8 Å². The topological polar surface area (TPSA) is 136 Å². The zero-order valence-corrected chi connectivity index (χ0v) is 17.9. The summed E-state index contributed by atoms with van der Waals surface area (Å²) in [5.41, 5.74) is 0.930. The van der Waals surface area contributed by atoms with Gasteiger partial charge in [-0.15, -0.1) is 0 Å². The van der Waals surface area contributed by atoms with Crippen molar-refractivity contribution in [2.45, 2.75) is 33.1 Å². The molecule has 3 rings (SSSR count). The Hall–Kier alpha value is -3.21. The fourth-order valence-corrected chi connectivity index (χ4v) is 4.32. The van der Waals surface area contributed by atoms with Crippen LogP contribution in [0.1, 0.15) is 38.7 Å². The lowest BCUT2D eigenvalue weighted by atomic mass is 9.93. The summed E-state index contributed by atoms with van der Waals surface area (Å²) in [7, 11) is -2.44. The molecule has 2 heterocycles. The molecule has 0 bridgehead atoms. The minimum atomic E-state index is -4.21. The summed E-state index contributed by atoms with van der Waals surface area (Å²) in [5, 5.41) is 4.29. The number of aromatic amines is 1. The molecule has 1 aromatic carbocycles. The maximum absolute atomic E-state index is 13.0. The van der Waals surface area contributed by atoms with Crippen LogP contribution >= 0.6 is 0 Å². The van der Waals surface area contributed by atoms with Gasteiger partial charge in [-0.25, -0.2) is 18.0 Å². The van der Waals surface area contributed by atoms with Crippen molar-refractivity contribution in [3.63, 3.8) is 0 Å². The van der Waals surface area contributed by atoms with E-state index in [9.17, 15) is 22.8 Å². The molecular formula is C19H23N5O5S. The Labute approximate surface area is 172 Å². The first-order valence-corrected chi connectivity index (χ1v) is 11.0. The van der Waals surface area contributed by atoms with E-state index < -0.39 is 32.8 Å². The number of carbonyl (C=O) groups is 1. The first-order valence-electron chi connectivity index (χ1n) is 9.37. The zero-order chi connectivity index (χ0) is 22.2. The number of aryl methyl sites for hydroxylation is 1. The van der Waals surface area contributed by atoms with Crippen LogP contribution in [0.15, 0.2) is 34.0 Å². The number of sulfonamides is 1. The van der Waals surface area contributed by atoms with Crippen LogP contribution in [0.2, 0.25) is 0 Å². The Morgan fingerprint density at radius 1 is 1.27 bits per heavy atom. The standard InChI is InChI=1S/C19H23N5O5S/c1-5-12(25)10-30(28,29)22-24-18(26)15-8-14(17-6-7-20-23(17)4)13(11(2)3)9-16(15)21-19(24)27/h6-9,11,22H,5,10H2,1-4H3,(H,21,27). The normalized spacial score (nSPS) is 11.9. The average Bonchev–Trinajstić information content (AvgIpc) is 3.09. The summed E-state index contributed by atoms with van der Waals surface area (Å²) in [6.07, 6.45) is 1.66. The van der Waals surface area contributed by atoms with Crippen molar-refractivity contribution in [1.29, 1.82) is 0 Å². The van der Waals surface area contributed by atoms with E-state index in [1.165, 1.54) is 6.92 Å². The lowest BCUT2D eigenvalue weighted by molar-refractivity contribution is -0.116. The molecule has 0 aliphatic rings. The van der Waals surface area contributed by atoms with Crippen LogP contribution in [-0.2, 0) is 21.9 Å². The van der Waals surface area contributed by atoms with Crippen LogP contribution in [0.25, 0.3) is 22.2 Å². The molecule has 0 amide bonds. The van der Waals surface area contributed by atoms with E-state index in [1.54, 1.807) is 36.1 Å². The molecule has 0 saturated carbocycles. The summed E-state index contributed by atoms with van der Waals surface area (Å²) in [4.78, 5) is 41.4. The van der Waals surface area contributed by atoms with Gasteiger partial charge in [0.1, 0.15) is 11.5 Å². The second-order valence-corrected chi connectivity index (χ2v) is 8.99. The van der Waals surface area contributed by atoms with Crippen LogP contribution in [0, 0.1) is 0 Å². The van der Waals surface area contributed by atoms with Crippen molar-refractivity contribution in [3.8, 4) is 11.3 Å². The van der Waals surface area contributed by atoms with Crippen molar-refractivity contribution < 1.29 is 13.2 Å². The van der Waals surface area contributed by atoms with Crippen LogP contribution in [-0.4, -0.2) is 39.4 Å². The van der Waals surface area contributed by atoms with E-state index in [2.05, 4.69) is 10.1 Å². The van der Waals surface area contributed by atoms with Gasteiger partial charge in [0, 0.05) is 25.2 Å². The first kappa shape index (κ1) is 21.5. The number of aromatic nitrogens is 4. The molecule has 0 aliphatic carbocycles. The lowest BCUT2D eigenvalue weighted by Gasteiger charge is -2.15. The molecule has 0 fully saturated rings. The molecule has 3 aromatic rings. The van der Waals surface area contributed by atoms with E-state index in [1.807, 2.05) is 18.7 Å². The summed E-state index contributed by atoms with van der Waals surface area (Å²) in [6.45, 7) is 5.50. The van der Waals surface area contributed by atoms with E-state index >= 15 is 0 Å². The smallest absolute Gasteiger partial charge is 0.305 e. The number of hydrogen-bond donors (Lipinski definition) is 2. The molecule has 2 N–H and O–H groups in total. The number of nitrogens with one attached hydrogen (secondary N) is 2. The molecule has 0 aliphatic heterocycles. The molecule has 0 atom stereocenters. The SMILES string of the molecule is CCC(=O)CS(=O)(=O)Nn1c(=O)[nH]c2cc(C(C)C)c(-c3ccnn3C)cc2c1=O. The van der Waals surface area contributed by atoms with Gasteiger partial charge in [0.2, 0.25) is 0 Å². The number of fused-ring (bicyclic) bond motifs is 1. The third-order valence-corrected chi connectivity index (χ3v) is 5.93. The van der Waals surface area contributed by atoms with Crippen molar-refractivity contribution in [2.75, 3.05) is 10.6 Å². The molecule has 160 valence electrons. The van der Waals surface area contributed by atoms with Gasteiger partial charge in [0.25, 0.3) is 15.6 Å². The number of rotatable bonds is 7. The maximum Gasteiger partial charge on any atom is 0.348 e. The molecule has 11 heteroatoms. The number of nitrogens with zero attached hydrogens (tertiary/aromatic N) is 3. The minimum Gasteiger partial charge on any atom is -0.305 e. The third-order valence-electron chi connectivity index (χ3n) is 4.76. The van der Waals surface area contributed by atoms with Crippen molar-refractivity contribution in [3.05, 3.63) is 50.8 Å². The van der Waals surface area contributed by atoms with Crippen LogP contribution < -0.4 is 16.1 Å². The van der Waals surface area contributed by atoms with E-state index in [0.717, 1.165) is 16.8 Å². The summed E-state index contributed by atoms with van der Waals surface area (Å²) < 4.78 is 26.4. The van der Waals surface area contributed by atoms with Gasteiger partial charge < -0.3 is 4.98 Å². The molecule has 10 nitrogen and oxygen atoms in total. The van der Waals surface area contributed by atoms with Crippen molar-refractivity contribution in [2.24, 2.45) is 7.05 Å². The second kappa shape index (κ2) is 7.90. The van der Waals surface area contributed by atoms with Crippen molar-refractivity contribution >= 4 is 26.7 Å². The van der Waals surface area contributed by atoms with Gasteiger partial charge in [0.05, 0.1) is 16.6 Å². The van der Waals surface area contributed by atoms with Gasteiger partial charge in [-0.3, -0.25) is 14.3 Å². The highest BCUT2D eigenvalue weighted by Gasteiger charge is 2.20. The number of carbonyl (C=O) groups excluding carboxylic acids is 1. The number of Topliss-reactive ketones (excluding diaryl/α,β-unsaturated/α-hetero) is 1. The maximum atomic E-state index is 13.0. The first-order chi connectivity index (χ1) is 14.0. The van der Waals surface area contributed by atoms with Crippen molar-refractivity contribution in [1.82, 2.24) is 19.4 Å². The second-order valence-electron chi connectivity index (χ2n) is 7.29. The zero-order valence-electron chi connectivity index (χ0n) is 17.1. The van der Waals surface area contributed by atoms with Crippen LogP contribution in [0.3, 0.4) is 0 Å². The fraction of sp³-hybridized carbons (Fsp3) is 0.368. The number of benzene rings is 1. The average molecular weight is 433 g/mol. The number of ketones is 1. The molecule has 30 heavy (non-hydrogen) atoms. The molecule has 0 unspecified atom stereocenters. The van der Waals surface area contributed by atoms with Crippen LogP contribution in [0.4, 0.5) is 0 Å². The quantitative estimate of drug-likeness (QED) is 0.572. The highest BCUT2D eigenvalue weighted by molar-refractivity contribution is 7.93. The molecule has 0 saturated heterocycles. The van der Waals surface area contributed by atoms with Gasteiger partial charge in [-0.05, 0) is 29.7 Å². The summed E-state index contributed by atoms with van der Waals surface area (Å²) in [5.74, 6) is -1.27. The highest BCUT2D eigenvalue weighted by Crippen LogP contribution is 2.31. The Bertz CT molecular complexity index is 1350. The lowest BCUT2D eigenvalue weighted by Crippen LogP contribution is -2.44. The van der Waals surface area contributed by atoms with Gasteiger partial charge in [-0.2, -0.15) is 9.77 Å². The predicted molar refractivity (Wildman–Crippen MR) is 114 cm³/mol. The molecule has 2 aromatic heterocycles. The van der Waals surface area contributed by atoms with Crippen LogP contribution in [0.5, 0.6) is 0 Å². The van der Waals surface area contributed by atoms with E-state index in [4.69, 9.17) is 0 Å². The highest BCUT2D eigenvalue weighted by atomic mass is 32.2. The monoisotopic (exact) mass is 433 g/mol. The third kappa shape index (κ3) is 4.06. The summed E-state index contributed by atoms with van der Waals surface area (Å²) >= 11 is 0. The number of hydrogen-bond acceptors (Lipinski definition) is 6. The Morgan fingerprint density at radius 3 is 2.53 bits per heavy atom. The number of H-pyrrole nitrogens is 1.